The fraction of sp³-hybridized carbons (Fsp3) is 0.346. The zero-order chi connectivity index (χ0) is 22.2. The SMILES string of the molecule is CCOC(=O)c1c[nH]cc1[C@H]1C[C@H](OCc2ccccc2)[C@@H](COCc2ccccc2)O1. The maximum absolute atomic E-state index is 12.3. The summed E-state index contributed by atoms with van der Waals surface area (Å²) in [7, 11) is 0. The van der Waals surface area contributed by atoms with Gasteiger partial charge in [0.15, 0.2) is 0 Å². The molecule has 2 aromatic carbocycles. The number of carbonyl (C=O) groups excluding carboxylic acids is 1. The molecule has 0 unspecified atom stereocenters. The minimum Gasteiger partial charge on any atom is -0.462 e. The first-order valence-electron chi connectivity index (χ1n) is 11.0. The molecule has 3 atom stereocenters. The van der Waals surface area contributed by atoms with Gasteiger partial charge in [-0.1, -0.05) is 60.7 Å². The fourth-order valence-corrected chi connectivity index (χ4v) is 3.91. The molecule has 6 nitrogen and oxygen atoms in total. The third kappa shape index (κ3) is 5.65. The highest BCUT2D eigenvalue weighted by Crippen LogP contribution is 2.37. The summed E-state index contributed by atoms with van der Waals surface area (Å²) in [5, 5.41) is 0. The van der Waals surface area contributed by atoms with Crippen molar-refractivity contribution >= 4 is 5.97 Å². The van der Waals surface area contributed by atoms with Crippen molar-refractivity contribution in [1.29, 1.82) is 0 Å². The van der Waals surface area contributed by atoms with Crippen molar-refractivity contribution in [1.82, 2.24) is 4.98 Å². The molecule has 0 bridgehead atoms. The van der Waals surface area contributed by atoms with Crippen LogP contribution in [0.15, 0.2) is 73.1 Å². The van der Waals surface area contributed by atoms with E-state index in [1.165, 1.54) is 0 Å². The van der Waals surface area contributed by atoms with E-state index >= 15 is 0 Å². The summed E-state index contributed by atoms with van der Waals surface area (Å²) in [6.07, 6.45) is 3.44. The van der Waals surface area contributed by atoms with E-state index < -0.39 is 0 Å². The van der Waals surface area contributed by atoms with Gasteiger partial charge in [0.05, 0.1) is 44.2 Å². The Hall–Kier alpha value is -2.93. The van der Waals surface area contributed by atoms with Gasteiger partial charge < -0.3 is 23.9 Å². The van der Waals surface area contributed by atoms with Crippen LogP contribution in [0.5, 0.6) is 0 Å². The monoisotopic (exact) mass is 435 g/mol. The van der Waals surface area contributed by atoms with E-state index in [9.17, 15) is 4.79 Å². The predicted octanol–water partition coefficient (Wildman–Crippen LogP) is 4.82. The molecule has 4 rings (SSSR count). The maximum atomic E-state index is 12.3. The molecule has 3 aromatic rings. The lowest BCUT2D eigenvalue weighted by molar-refractivity contribution is -0.0716. The molecular formula is C26H29NO5. The first-order valence-corrected chi connectivity index (χ1v) is 11.0. The van der Waals surface area contributed by atoms with E-state index in [1.807, 2.05) is 60.7 Å². The van der Waals surface area contributed by atoms with Crippen LogP contribution in [0.25, 0.3) is 0 Å². The maximum Gasteiger partial charge on any atom is 0.340 e. The van der Waals surface area contributed by atoms with Crippen LogP contribution in [0.4, 0.5) is 0 Å². The van der Waals surface area contributed by atoms with Crippen molar-refractivity contribution in [3.63, 3.8) is 0 Å². The van der Waals surface area contributed by atoms with Gasteiger partial charge in [-0.05, 0) is 18.1 Å². The third-order valence-corrected chi connectivity index (χ3v) is 5.52. The average molecular weight is 436 g/mol. The molecule has 0 radical (unpaired) electrons. The molecule has 6 heteroatoms. The molecule has 0 spiro atoms. The molecule has 1 aliphatic rings. The number of hydrogen-bond acceptors (Lipinski definition) is 5. The van der Waals surface area contributed by atoms with Gasteiger partial charge in [0, 0.05) is 24.4 Å². The number of H-pyrrole nitrogens is 1. The Labute approximate surface area is 188 Å². The van der Waals surface area contributed by atoms with Crippen molar-refractivity contribution in [2.45, 2.75) is 44.9 Å². The first-order chi connectivity index (χ1) is 15.7. The summed E-state index contributed by atoms with van der Waals surface area (Å²) in [6.45, 7) is 3.53. The van der Waals surface area contributed by atoms with Crippen LogP contribution in [0, 0.1) is 0 Å². The molecular weight excluding hydrogens is 406 g/mol. The van der Waals surface area contributed by atoms with Gasteiger partial charge in [-0.2, -0.15) is 0 Å². The van der Waals surface area contributed by atoms with E-state index in [2.05, 4.69) is 4.98 Å². The minimum atomic E-state index is -0.349. The van der Waals surface area contributed by atoms with Crippen LogP contribution in [0.2, 0.25) is 0 Å². The summed E-state index contributed by atoms with van der Waals surface area (Å²) in [6, 6.07) is 20.1. The topological polar surface area (TPSA) is 69.8 Å². The van der Waals surface area contributed by atoms with E-state index in [-0.39, 0.29) is 24.3 Å². The number of aromatic nitrogens is 1. The molecule has 32 heavy (non-hydrogen) atoms. The second-order valence-electron chi connectivity index (χ2n) is 7.78. The van der Waals surface area contributed by atoms with Gasteiger partial charge in [0.2, 0.25) is 0 Å². The largest absolute Gasteiger partial charge is 0.462 e. The molecule has 1 aromatic heterocycles. The summed E-state index contributed by atoms with van der Waals surface area (Å²) in [5.74, 6) is -0.349. The highest BCUT2D eigenvalue weighted by molar-refractivity contribution is 5.91. The number of aromatic amines is 1. The number of benzene rings is 2. The minimum absolute atomic E-state index is 0.152. The molecule has 0 aliphatic carbocycles. The zero-order valence-corrected chi connectivity index (χ0v) is 18.2. The van der Waals surface area contributed by atoms with Crippen LogP contribution < -0.4 is 0 Å². The highest BCUT2D eigenvalue weighted by atomic mass is 16.6. The summed E-state index contributed by atoms with van der Waals surface area (Å²) >= 11 is 0. The Morgan fingerprint density at radius 2 is 1.69 bits per heavy atom. The van der Waals surface area contributed by atoms with Crippen LogP contribution in [-0.4, -0.2) is 36.4 Å². The Morgan fingerprint density at radius 3 is 2.38 bits per heavy atom. The average Bonchev–Trinajstić information content (AvgIpc) is 3.46. The fourth-order valence-electron chi connectivity index (χ4n) is 3.91. The van der Waals surface area contributed by atoms with Crippen molar-refractivity contribution in [3.8, 4) is 0 Å². The molecule has 1 N–H and O–H groups in total. The van der Waals surface area contributed by atoms with E-state index in [0.29, 0.717) is 38.4 Å². The number of esters is 1. The summed E-state index contributed by atoms with van der Waals surface area (Å²) < 4.78 is 23.7. The Morgan fingerprint density at radius 1 is 1.00 bits per heavy atom. The second-order valence-corrected chi connectivity index (χ2v) is 7.78. The normalized spacial score (nSPS) is 20.3. The Bertz CT molecular complexity index is 972. The van der Waals surface area contributed by atoms with Crippen LogP contribution >= 0.6 is 0 Å². The second kappa shape index (κ2) is 11.1. The molecule has 168 valence electrons. The number of hydrogen-bond donors (Lipinski definition) is 1. The Balaban J connectivity index is 1.43. The van der Waals surface area contributed by atoms with Gasteiger partial charge in [0.1, 0.15) is 6.10 Å². The third-order valence-electron chi connectivity index (χ3n) is 5.52. The van der Waals surface area contributed by atoms with E-state index in [1.54, 1.807) is 19.3 Å². The smallest absolute Gasteiger partial charge is 0.340 e. The van der Waals surface area contributed by atoms with Gasteiger partial charge in [-0.15, -0.1) is 0 Å². The number of nitrogens with one attached hydrogen (secondary N) is 1. The van der Waals surface area contributed by atoms with Crippen molar-refractivity contribution in [3.05, 3.63) is 95.3 Å². The Kier molecular flexibility index (Phi) is 7.72. The molecule has 0 amide bonds. The van der Waals surface area contributed by atoms with Crippen LogP contribution in [0.1, 0.15) is 46.5 Å². The lowest BCUT2D eigenvalue weighted by Crippen LogP contribution is -2.29. The molecule has 1 saturated heterocycles. The lowest BCUT2D eigenvalue weighted by atomic mass is 10.0. The number of carbonyl (C=O) groups is 1. The van der Waals surface area contributed by atoms with Crippen molar-refractivity contribution < 1.29 is 23.7 Å². The lowest BCUT2D eigenvalue weighted by Gasteiger charge is -2.19. The summed E-state index contributed by atoms with van der Waals surface area (Å²) in [5.41, 5.74) is 3.51. The molecule has 1 aliphatic heterocycles. The number of rotatable bonds is 10. The molecule has 1 fully saturated rings. The van der Waals surface area contributed by atoms with E-state index in [0.717, 1.165) is 16.7 Å². The van der Waals surface area contributed by atoms with Gasteiger partial charge in [0.25, 0.3) is 0 Å². The molecule has 0 saturated carbocycles. The van der Waals surface area contributed by atoms with Gasteiger partial charge >= 0.3 is 5.97 Å². The highest BCUT2D eigenvalue weighted by Gasteiger charge is 2.39. The van der Waals surface area contributed by atoms with Gasteiger partial charge in [-0.3, -0.25) is 0 Å². The van der Waals surface area contributed by atoms with Crippen molar-refractivity contribution in [2.75, 3.05) is 13.2 Å². The predicted molar refractivity (Wildman–Crippen MR) is 120 cm³/mol. The van der Waals surface area contributed by atoms with Crippen molar-refractivity contribution in [2.24, 2.45) is 0 Å². The molecule has 2 heterocycles. The van der Waals surface area contributed by atoms with Crippen LogP contribution in [-0.2, 0) is 32.2 Å². The standard InChI is InChI=1S/C26H29NO5/c1-2-30-26(28)22-15-27-14-21(22)23-13-24(31-17-20-11-7-4-8-12-20)25(32-23)18-29-16-19-9-5-3-6-10-19/h3-12,14-15,23-25,27H,2,13,16-18H2,1H3/t23-,24+,25-/m1/s1. The summed E-state index contributed by atoms with van der Waals surface area (Å²) in [4.78, 5) is 15.3. The van der Waals surface area contributed by atoms with E-state index in [4.69, 9.17) is 18.9 Å². The quantitative estimate of drug-likeness (QED) is 0.462. The van der Waals surface area contributed by atoms with Gasteiger partial charge in [-0.25, -0.2) is 4.79 Å². The zero-order valence-electron chi connectivity index (χ0n) is 18.2. The van der Waals surface area contributed by atoms with Crippen LogP contribution in [0.3, 0.4) is 0 Å². The first kappa shape index (κ1) is 22.3. The number of ether oxygens (including phenoxy) is 4.